The quantitative estimate of drug-likeness (QED) is 0.864. The molecule has 0 amide bonds. The molecule has 1 aliphatic carbocycles. The molecule has 3 heteroatoms. The van der Waals surface area contributed by atoms with Gasteiger partial charge < -0.3 is 10.6 Å². The smallest absolute Gasteiger partial charge is 0.0412 e. The van der Waals surface area contributed by atoms with Gasteiger partial charge in [-0.1, -0.05) is 24.3 Å². The predicted octanol–water partition coefficient (Wildman–Crippen LogP) is 1.12. The Morgan fingerprint density at radius 1 is 1.05 bits per heavy atom. The van der Waals surface area contributed by atoms with Crippen LogP contribution in [-0.2, 0) is 12.8 Å². The first-order valence-electron chi connectivity index (χ1n) is 7.44. The maximum absolute atomic E-state index is 6.21. The lowest BCUT2D eigenvalue weighted by Gasteiger charge is -2.40. The van der Waals surface area contributed by atoms with Crippen LogP contribution in [0.3, 0.4) is 0 Å². The van der Waals surface area contributed by atoms with Crippen molar-refractivity contribution in [2.24, 2.45) is 5.73 Å². The van der Waals surface area contributed by atoms with Crippen LogP contribution >= 0.6 is 0 Å². The molecule has 19 heavy (non-hydrogen) atoms. The minimum atomic E-state index is 0.175. The van der Waals surface area contributed by atoms with Gasteiger partial charge in [-0.05, 0) is 44.0 Å². The SMILES string of the molecule is CN1CCCN(C2(CN)Cc3ccccc3C2)CC1. The maximum atomic E-state index is 6.21. The van der Waals surface area contributed by atoms with Crippen LogP contribution in [0, 0.1) is 0 Å². The summed E-state index contributed by atoms with van der Waals surface area (Å²) in [4.78, 5) is 5.10. The van der Waals surface area contributed by atoms with E-state index in [-0.39, 0.29) is 5.54 Å². The highest BCUT2D eigenvalue weighted by molar-refractivity contribution is 5.36. The van der Waals surface area contributed by atoms with E-state index in [1.54, 1.807) is 0 Å². The Kier molecular flexibility index (Phi) is 3.61. The second kappa shape index (κ2) is 5.23. The van der Waals surface area contributed by atoms with E-state index in [0.29, 0.717) is 0 Å². The molecule has 1 saturated heterocycles. The third kappa shape index (κ3) is 2.42. The van der Waals surface area contributed by atoms with Crippen molar-refractivity contribution in [3.63, 3.8) is 0 Å². The number of rotatable bonds is 2. The van der Waals surface area contributed by atoms with Crippen molar-refractivity contribution in [3.8, 4) is 0 Å². The van der Waals surface area contributed by atoms with Gasteiger partial charge in [0.15, 0.2) is 0 Å². The molecule has 3 rings (SSSR count). The average Bonchev–Trinajstić information content (AvgIpc) is 2.68. The van der Waals surface area contributed by atoms with Gasteiger partial charge in [0.25, 0.3) is 0 Å². The molecule has 0 saturated carbocycles. The lowest BCUT2D eigenvalue weighted by molar-refractivity contribution is 0.107. The molecule has 1 heterocycles. The van der Waals surface area contributed by atoms with Crippen LogP contribution in [0.25, 0.3) is 0 Å². The van der Waals surface area contributed by atoms with E-state index in [0.717, 1.165) is 32.5 Å². The number of nitrogens with two attached hydrogens (primary N) is 1. The van der Waals surface area contributed by atoms with Crippen LogP contribution in [0.15, 0.2) is 24.3 Å². The summed E-state index contributed by atoms with van der Waals surface area (Å²) < 4.78 is 0. The van der Waals surface area contributed by atoms with Crippen molar-refractivity contribution in [1.29, 1.82) is 0 Å². The monoisotopic (exact) mass is 259 g/mol. The van der Waals surface area contributed by atoms with Crippen molar-refractivity contribution < 1.29 is 0 Å². The minimum absolute atomic E-state index is 0.175. The normalized spacial score (nSPS) is 24.1. The summed E-state index contributed by atoms with van der Waals surface area (Å²) in [6, 6.07) is 8.86. The zero-order valence-corrected chi connectivity index (χ0v) is 11.9. The zero-order chi connectivity index (χ0) is 13.3. The molecular formula is C16H25N3. The van der Waals surface area contributed by atoms with Crippen LogP contribution in [0.4, 0.5) is 0 Å². The first-order chi connectivity index (χ1) is 9.23. The van der Waals surface area contributed by atoms with Crippen LogP contribution in [0.5, 0.6) is 0 Å². The molecule has 0 spiro atoms. The standard InChI is InChI=1S/C16H25N3/c1-18-7-4-8-19(10-9-18)16(13-17)11-14-5-2-3-6-15(14)12-16/h2-3,5-6H,4,7-13,17H2,1H3. The van der Waals surface area contributed by atoms with Crippen LogP contribution in [0.1, 0.15) is 17.5 Å². The number of hydrogen-bond donors (Lipinski definition) is 1. The van der Waals surface area contributed by atoms with Gasteiger partial charge in [-0.2, -0.15) is 0 Å². The molecule has 3 nitrogen and oxygen atoms in total. The summed E-state index contributed by atoms with van der Waals surface area (Å²) in [5.41, 5.74) is 9.40. The van der Waals surface area contributed by atoms with E-state index in [1.807, 2.05) is 0 Å². The van der Waals surface area contributed by atoms with Gasteiger partial charge in [0.05, 0.1) is 0 Å². The Labute approximate surface area is 116 Å². The maximum Gasteiger partial charge on any atom is 0.0412 e. The van der Waals surface area contributed by atoms with Crippen molar-refractivity contribution >= 4 is 0 Å². The molecule has 0 atom stereocenters. The highest BCUT2D eigenvalue weighted by Crippen LogP contribution is 2.34. The van der Waals surface area contributed by atoms with Gasteiger partial charge in [0, 0.05) is 31.7 Å². The fourth-order valence-electron chi connectivity index (χ4n) is 3.69. The molecule has 1 aromatic carbocycles. The summed E-state index contributed by atoms with van der Waals surface area (Å²) in [5.74, 6) is 0. The fraction of sp³-hybridized carbons (Fsp3) is 0.625. The third-order valence-electron chi connectivity index (χ3n) is 4.93. The third-order valence-corrected chi connectivity index (χ3v) is 4.93. The molecule has 1 aliphatic heterocycles. The lowest BCUT2D eigenvalue weighted by Crippen LogP contribution is -2.55. The van der Waals surface area contributed by atoms with Gasteiger partial charge in [0.1, 0.15) is 0 Å². The van der Waals surface area contributed by atoms with Crippen molar-refractivity contribution in [2.45, 2.75) is 24.8 Å². The molecule has 2 N–H and O–H groups in total. The fourth-order valence-corrected chi connectivity index (χ4v) is 3.69. The van der Waals surface area contributed by atoms with Gasteiger partial charge in [0.2, 0.25) is 0 Å². The second-order valence-electron chi connectivity index (χ2n) is 6.19. The number of benzene rings is 1. The highest BCUT2D eigenvalue weighted by Gasteiger charge is 2.41. The summed E-state index contributed by atoms with van der Waals surface area (Å²) >= 11 is 0. The summed E-state index contributed by atoms with van der Waals surface area (Å²) in [6.07, 6.45) is 3.52. The first kappa shape index (κ1) is 13.1. The Hall–Kier alpha value is -0.900. The van der Waals surface area contributed by atoms with E-state index in [1.165, 1.54) is 30.6 Å². The molecule has 0 radical (unpaired) electrons. The Bertz CT molecular complexity index is 418. The summed E-state index contributed by atoms with van der Waals surface area (Å²) in [7, 11) is 2.22. The Morgan fingerprint density at radius 2 is 1.74 bits per heavy atom. The van der Waals surface area contributed by atoms with Gasteiger partial charge in [-0.15, -0.1) is 0 Å². The van der Waals surface area contributed by atoms with E-state index in [2.05, 4.69) is 41.1 Å². The summed E-state index contributed by atoms with van der Waals surface area (Å²) in [6.45, 7) is 5.49. The van der Waals surface area contributed by atoms with E-state index < -0.39 is 0 Å². The molecule has 2 aliphatic rings. The molecule has 104 valence electrons. The molecule has 0 bridgehead atoms. The molecule has 1 fully saturated rings. The molecular weight excluding hydrogens is 234 g/mol. The topological polar surface area (TPSA) is 32.5 Å². The van der Waals surface area contributed by atoms with Crippen molar-refractivity contribution in [2.75, 3.05) is 39.8 Å². The van der Waals surface area contributed by atoms with Gasteiger partial charge >= 0.3 is 0 Å². The number of likely N-dealkylation sites (N-methyl/N-ethyl adjacent to an activating group) is 1. The van der Waals surface area contributed by atoms with Gasteiger partial charge in [-0.25, -0.2) is 0 Å². The van der Waals surface area contributed by atoms with Crippen LogP contribution in [-0.4, -0.2) is 55.1 Å². The minimum Gasteiger partial charge on any atom is -0.329 e. The molecule has 0 aromatic heterocycles. The van der Waals surface area contributed by atoms with E-state index in [4.69, 9.17) is 5.73 Å². The zero-order valence-electron chi connectivity index (χ0n) is 11.9. The largest absolute Gasteiger partial charge is 0.329 e. The summed E-state index contributed by atoms with van der Waals surface area (Å²) in [5, 5.41) is 0. The van der Waals surface area contributed by atoms with Gasteiger partial charge in [-0.3, -0.25) is 4.90 Å². The van der Waals surface area contributed by atoms with E-state index in [9.17, 15) is 0 Å². The molecule has 1 aromatic rings. The molecule has 0 unspecified atom stereocenters. The lowest BCUT2D eigenvalue weighted by atomic mass is 9.93. The predicted molar refractivity (Wildman–Crippen MR) is 79.3 cm³/mol. The Balaban J connectivity index is 1.81. The highest BCUT2D eigenvalue weighted by atomic mass is 15.3. The first-order valence-corrected chi connectivity index (χ1v) is 7.44. The van der Waals surface area contributed by atoms with E-state index >= 15 is 0 Å². The average molecular weight is 259 g/mol. The van der Waals surface area contributed by atoms with Crippen LogP contribution in [0.2, 0.25) is 0 Å². The number of hydrogen-bond acceptors (Lipinski definition) is 3. The van der Waals surface area contributed by atoms with Crippen molar-refractivity contribution in [1.82, 2.24) is 9.80 Å². The Morgan fingerprint density at radius 3 is 2.37 bits per heavy atom. The van der Waals surface area contributed by atoms with Crippen LogP contribution < -0.4 is 5.73 Å². The van der Waals surface area contributed by atoms with Crippen molar-refractivity contribution in [3.05, 3.63) is 35.4 Å². The second-order valence-corrected chi connectivity index (χ2v) is 6.19. The number of fused-ring (bicyclic) bond motifs is 1. The number of nitrogens with zero attached hydrogens (tertiary/aromatic N) is 2.